The number of carbonyl (C=O) groups excluding carboxylic acids is 1. The molecule has 0 aromatic heterocycles. The van der Waals surface area contributed by atoms with Crippen molar-refractivity contribution in [3.05, 3.63) is 29.8 Å². The van der Waals surface area contributed by atoms with Crippen LogP contribution in [-0.4, -0.2) is 31.6 Å². The van der Waals surface area contributed by atoms with Gasteiger partial charge in [0.2, 0.25) is 5.91 Å². The highest BCUT2D eigenvalue weighted by Gasteiger charge is 2.02. The van der Waals surface area contributed by atoms with Gasteiger partial charge in [-0.1, -0.05) is 12.1 Å². The summed E-state index contributed by atoms with van der Waals surface area (Å²) in [6, 6.07) is 7.61. The average Bonchev–Trinajstić information content (AvgIpc) is 2.36. The van der Waals surface area contributed by atoms with Gasteiger partial charge < -0.3 is 21.1 Å². The van der Waals surface area contributed by atoms with Crippen LogP contribution in [0.15, 0.2) is 29.3 Å². The Kier molecular flexibility index (Phi) is 6.52. The van der Waals surface area contributed by atoms with Crippen LogP contribution < -0.4 is 16.4 Å². The third-order valence-corrected chi connectivity index (χ3v) is 2.49. The van der Waals surface area contributed by atoms with Gasteiger partial charge in [-0.3, -0.25) is 4.79 Å². The third-order valence-electron chi connectivity index (χ3n) is 2.49. The quantitative estimate of drug-likeness (QED) is 0.537. The first-order valence-electron chi connectivity index (χ1n) is 6.43. The van der Waals surface area contributed by atoms with Gasteiger partial charge in [0.1, 0.15) is 0 Å². The zero-order chi connectivity index (χ0) is 15.0. The summed E-state index contributed by atoms with van der Waals surface area (Å²) in [5.41, 5.74) is 7.51. The van der Waals surface area contributed by atoms with Crippen molar-refractivity contribution in [3.8, 4) is 0 Å². The fourth-order valence-corrected chi connectivity index (χ4v) is 1.72. The van der Waals surface area contributed by atoms with E-state index in [1.54, 1.807) is 7.11 Å². The maximum atomic E-state index is 11.0. The third kappa shape index (κ3) is 6.19. The summed E-state index contributed by atoms with van der Waals surface area (Å²) in [6.45, 7) is 4.45. The van der Waals surface area contributed by atoms with Crippen LogP contribution in [0.4, 0.5) is 5.69 Å². The van der Waals surface area contributed by atoms with Crippen LogP contribution in [0.3, 0.4) is 0 Å². The number of hydrogen-bond acceptors (Lipinski definition) is 3. The van der Waals surface area contributed by atoms with E-state index in [1.807, 2.05) is 31.2 Å². The van der Waals surface area contributed by atoms with E-state index in [4.69, 9.17) is 10.5 Å². The van der Waals surface area contributed by atoms with Crippen molar-refractivity contribution in [2.45, 2.75) is 26.4 Å². The molecule has 0 radical (unpaired) electrons. The first-order valence-corrected chi connectivity index (χ1v) is 6.43. The number of carbonyl (C=O) groups is 1. The van der Waals surface area contributed by atoms with Gasteiger partial charge in [0.25, 0.3) is 0 Å². The molecule has 0 aliphatic carbocycles. The minimum atomic E-state index is -0.0970. The molecule has 1 amide bonds. The van der Waals surface area contributed by atoms with Gasteiger partial charge >= 0.3 is 0 Å². The molecule has 1 aromatic rings. The fourth-order valence-electron chi connectivity index (χ4n) is 1.72. The smallest absolute Gasteiger partial charge is 0.221 e. The van der Waals surface area contributed by atoms with Crippen LogP contribution in [0.1, 0.15) is 19.4 Å². The molecule has 1 unspecified atom stereocenters. The number of methoxy groups -OCH3 is 1. The lowest BCUT2D eigenvalue weighted by molar-refractivity contribution is -0.114. The number of rotatable bonds is 6. The van der Waals surface area contributed by atoms with E-state index < -0.39 is 0 Å². The number of benzene rings is 1. The molecule has 1 aromatic carbocycles. The van der Waals surface area contributed by atoms with Gasteiger partial charge in [0.15, 0.2) is 5.96 Å². The minimum absolute atomic E-state index is 0.0970. The van der Waals surface area contributed by atoms with Crippen molar-refractivity contribution in [1.82, 2.24) is 5.32 Å². The highest BCUT2D eigenvalue weighted by Crippen LogP contribution is 2.11. The highest BCUT2D eigenvalue weighted by atomic mass is 16.5. The molecule has 0 fully saturated rings. The van der Waals surface area contributed by atoms with Gasteiger partial charge in [-0.25, -0.2) is 4.99 Å². The van der Waals surface area contributed by atoms with Crippen molar-refractivity contribution in [1.29, 1.82) is 0 Å². The summed E-state index contributed by atoms with van der Waals surface area (Å²) in [6.07, 6.45) is 0. The Morgan fingerprint density at radius 2 is 2.25 bits per heavy atom. The second kappa shape index (κ2) is 8.16. The van der Waals surface area contributed by atoms with E-state index in [2.05, 4.69) is 15.6 Å². The standard InChI is InChI=1S/C14H22N4O2/c1-10(9-20-3)17-14(15)16-8-12-5-4-6-13(7-12)18-11(2)19/h4-7,10H,8-9H2,1-3H3,(H,18,19)(H3,15,16,17). The molecule has 4 N–H and O–H groups in total. The van der Waals surface area contributed by atoms with Gasteiger partial charge in [0, 0.05) is 25.8 Å². The maximum absolute atomic E-state index is 11.0. The van der Waals surface area contributed by atoms with Crippen LogP contribution >= 0.6 is 0 Å². The highest BCUT2D eigenvalue weighted by molar-refractivity contribution is 5.88. The number of ether oxygens (including phenoxy) is 1. The normalized spacial score (nSPS) is 12.8. The summed E-state index contributed by atoms with van der Waals surface area (Å²) in [4.78, 5) is 15.2. The molecular weight excluding hydrogens is 256 g/mol. The maximum Gasteiger partial charge on any atom is 0.221 e. The second-order valence-electron chi connectivity index (χ2n) is 4.58. The van der Waals surface area contributed by atoms with Crippen LogP contribution in [-0.2, 0) is 16.1 Å². The number of aliphatic imine (C=N–C) groups is 1. The number of amides is 1. The summed E-state index contributed by atoms with van der Waals surface area (Å²) in [5.74, 6) is 0.278. The lowest BCUT2D eigenvalue weighted by Crippen LogP contribution is -2.40. The number of anilines is 1. The fraction of sp³-hybridized carbons (Fsp3) is 0.429. The Bertz CT molecular complexity index is 474. The Hall–Kier alpha value is -2.08. The van der Waals surface area contributed by atoms with Crippen LogP contribution in [0.25, 0.3) is 0 Å². The van der Waals surface area contributed by atoms with E-state index in [0.717, 1.165) is 11.3 Å². The molecule has 0 aliphatic rings. The average molecular weight is 278 g/mol. The molecule has 1 rings (SSSR count). The Labute approximate surface area is 119 Å². The van der Waals surface area contributed by atoms with Gasteiger partial charge in [-0.15, -0.1) is 0 Å². The molecular formula is C14H22N4O2. The molecule has 0 saturated heterocycles. The van der Waals surface area contributed by atoms with Crippen LogP contribution in [0.5, 0.6) is 0 Å². The van der Waals surface area contributed by atoms with E-state index in [-0.39, 0.29) is 11.9 Å². The van der Waals surface area contributed by atoms with E-state index in [9.17, 15) is 4.79 Å². The topological polar surface area (TPSA) is 88.7 Å². The Morgan fingerprint density at radius 3 is 2.90 bits per heavy atom. The van der Waals surface area contributed by atoms with Crippen molar-refractivity contribution in [2.75, 3.05) is 19.0 Å². The molecule has 110 valence electrons. The predicted molar refractivity (Wildman–Crippen MR) is 80.5 cm³/mol. The van der Waals surface area contributed by atoms with Crippen LogP contribution in [0, 0.1) is 0 Å². The first kappa shape index (κ1) is 16.0. The lowest BCUT2D eigenvalue weighted by atomic mass is 10.2. The van der Waals surface area contributed by atoms with Gasteiger partial charge in [-0.2, -0.15) is 0 Å². The van der Waals surface area contributed by atoms with E-state index in [0.29, 0.717) is 19.1 Å². The molecule has 6 nitrogen and oxygen atoms in total. The van der Waals surface area contributed by atoms with E-state index >= 15 is 0 Å². The summed E-state index contributed by atoms with van der Waals surface area (Å²) in [7, 11) is 1.64. The zero-order valence-corrected chi connectivity index (χ0v) is 12.1. The zero-order valence-electron chi connectivity index (χ0n) is 12.1. The monoisotopic (exact) mass is 278 g/mol. The Morgan fingerprint density at radius 1 is 1.50 bits per heavy atom. The predicted octanol–water partition coefficient (Wildman–Crippen LogP) is 1.08. The van der Waals surface area contributed by atoms with Crippen molar-refractivity contribution < 1.29 is 9.53 Å². The molecule has 0 aliphatic heterocycles. The second-order valence-corrected chi connectivity index (χ2v) is 4.58. The summed E-state index contributed by atoms with van der Waals surface area (Å²) < 4.78 is 5.01. The lowest BCUT2D eigenvalue weighted by Gasteiger charge is -2.13. The van der Waals surface area contributed by atoms with Crippen molar-refractivity contribution >= 4 is 17.6 Å². The van der Waals surface area contributed by atoms with Crippen LogP contribution in [0.2, 0.25) is 0 Å². The molecule has 20 heavy (non-hydrogen) atoms. The molecule has 0 saturated carbocycles. The number of nitrogens with one attached hydrogen (secondary N) is 2. The minimum Gasteiger partial charge on any atom is -0.383 e. The molecule has 0 spiro atoms. The first-order chi connectivity index (χ1) is 9.51. The number of guanidine groups is 1. The van der Waals surface area contributed by atoms with Gasteiger partial charge in [0.05, 0.1) is 13.2 Å². The Balaban J connectivity index is 2.57. The molecule has 0 bridgehead atoms. The molecule has 1 atom stereocenters. The molecule has 0 heterocycles. The van der Waals surface area contributed by atoms with Gasteiger partial charge in [-0.05, 0) is 24.6 Å². The number of hydrogen-bond donors (Lipinski definition) is 3. The number of nitrogens with zero attached hydrogens (tertiary/aromatic N) is 1. The number of nitrogens with two attached hydrogens (primary N) is 1. The van der Waals surface area contributed by atoms with E-state index in [1.165, 1.54) is 6.92 Å². The summed E-state index contributed by atoms with van der Waals surface area (Å²) >= 11 is 0. The largest absolute Gasteiger partial charge is 0.383 e. The molecule has 6 heteroatoms. The SMILES string of the molecule is COCC(C)NC(N)=NCc1cccc(NC(C)=O)c1. The van der Waals surface area contributed by atoms with Crippen molar-refractivity contribution in [2.24, 2.45) is 10.7 Å². The summed E-state index contributed by atoms with van der Waals surface area (Å²) in [5, 5.41) is 5.76. The van der Waals surface area contributed by atoms with Crippen molar-refractivity contribution in [3.63, 3.8) is 0 Å².